The van der Waals surface area contributed by atoms with Crippen LogP contribution in [0.3, 0.4) is 0 Å². The second-order valence-corrected chi connectivity index (χ2v) is 7.61. The summed E-state index contributed by atoms with van der Waals surface area (Å²) >= 11 is 0. The Morgan fingerprint density at radius 2 is 1.77 bits per heavy atom. The van der Waals surface area contributed by atoms with Crippen molar-refractivity contribution in [2.24, 2.45) is 0 Å². The van der Waals surface area contributed by atoms with Gasteiger partial charge in [-0.15, -0.1) is 0 Å². The van der Waals surface area contributed by atoms with Crippen LogP contribution < -0.4 is 15.4 Å². The zero-order valence-corrected chi connectivity index (χ0v) is 15.6. The molecule has 0 saturated heterocycles. The van der Waals surface area contributed by atoms with E-state index >= 15 is 0 Å². The molecule has 26 heavy (non-hydrogen) atoms. The third-order valence-electron chi connectivity index (χ3n) is 3.80. The van der Waals surface area contributed by atoms with Crippen molar-refractivity contribution in [2.45, 2.75) is 31.2 Å². The summed E-state index contributed by atoms with van der Waals surface area (Å²) in [4.78, 5) is 23.5. The maximum atomic E-state index is 12.4. The summed E-state index contributed by atoms with van der Waals surface area (Å²) in [6.07, 6.45) is -0.0590. The highest BCUT2D eigenvalue weighted by Gasteiger charge is 2.17. The van der Waals surface area contributed by atoms with Gasteiger partial charge in [0.2, 0.25) is 21.8 Å². The van der Waals surface area contributed by atoms with Gasteiger partial charge >= 0.3 is 0 Å². The van der Waals surface area contributed by atoms with Crippen LogP contribution in [-0.4, -0.2) is 39.4 Å². The maximum absolute atomic E-state index is 12.4. The summed E-state index contributed by atoms with van der Waals surface area (Å²) in [5, 5.41) is 6.90. The SMILES string of the molecule is CCNC(=O)[C@@H](C)NC(=O)CCNS(=O)(=O)c1ccc2ccccc2c1. The Morgan fingerprint density at radius 1 is 1.08 bits per heavy atom. The highest BCUT2D eigenvalue weighted by Crippen LogP contribution is 2.18. The Labute approximate surface area is 153 Å². The molecule has 0 heterocycles. The number of likely N-dealkylation sites (N-methyl/N-ethyl adjacent to an activating group) is 1. The molecule has 1 atom stereocenters. The van der Waals surface area contributed by atoms with Crippen LogP contribution >= 0.6 is 0 Å². The average Bonchev–Trinajstić information content (AvgIpc) is 2.61. The first-order valence-corrected chi connectivity index (χ1v) is 9.87. The first-order valence-electron chi connectivity index (χ1n) is 8.39. The molecule has 3 N–H and O–H groups in total. The van der Waals surface area contributed by atoms with Crippen molar-refractivity contribution >= 4 is 32.6 Å². The summed E-state index contributed by atoms with van der Waals surface area (Å²) in [6, 6.07) is 11.7. The van der Waals surface area contributed by atoms with Gasteiger partial charge < -0.3 is 10.6 Å². The van der Waals surface area contributed by atoms with Crippen LogP contribution in [0.2, 0.25) is 0 Å². The molecular weight excluding hydrogens is 354 g/mol. The van der Waals surface area contributed by atoms with Gasteiger partial charge in [0, 0.05) is 19.5 Å². The van der Waals surface area contributed by atoms with Gasteiger partial charge in [-0.25, -0.2) is 13.1 Å². The quantitative estimate of drug-likeness (QED) is 0.642. The first-order chi connectivity index (χ1) is 12.3. The average molecular weight is 377 g/mol. The molecule has 8 heteroatoms. The van der Waals surface area contributed by atoms with E-state index in [0.717, 1.165) is 10.8 Å². The van der Waals surface area contributed by atoms with E-state index in [1.807, 2.05) is 24.3 Å². The van der Waals surface area contributed by atoms with Crippen LogP contribution in [0.15, 0.2) is 47.4 Å². The molecular formula is C18H23N3O4S. The van der Waals surface area contributed by atoms with Gasteiger partial charge in [-0.3, -0.25) is 9.59 Å². The first kappa shape index (κ1) is 19.9. The largest absolute Gasteiger partial charge is 0.355 e. The maximum Gasteiger partial charge on any atom is 0.242 e. The molecule has 0 spiro atoms. The smallest absolute Gasteiger partial charge is 0.242 e. The molecule has 2 rings (SSSR count). The lowest BCUT2D eigenvalue weighted by atomic mass is 10.1. The lowest BCUT2D eigenvalue weighted by molar-refractivity contribution is -0.128. The summed E-state index contributed by atoms with van der Waals surface area (Å²) in [6.45, 7) is 3.78. The minimum atomic E-state index is -3.71. The molecule has 140 valence electrons. The molecule has 0 unspecified atom stereocenters. The predicted molar refractivity (Wildman–Crippen MR) is 100 cm³/mol. The number of amides is 2. The Morgan fingerprint density at radius 3 is 2.46 bits per heavy atom. The standard InChI is InChI=1S/C18H23N3O4S/c1-3-19-18(23)13(2)21-17(22)10-11-20-26(24,25)16-9-8-14-6-4-5-7-15(14)12-16/h4-9,12-13,20H,3,10-11H2,1-2H3,(H,19,23)(H,21,22)/t13-/m1/s1. The van der Waals surface area contributed by atoms with Crippen LogP contribution in [-0.2, 0) is 19.6 Å². The summed E-state index contributed by atoms with van der Waals surface area (Å²) in [5.41, 5.74) is 0. The van der Waals surface area contributed by atoms with E-state index in [1.165, 1.54) is 6.07 Å². The number of nitrogens with one attached hydrogen (secondary N) is 3. The van der Waals surface area contributed by atoms with Crippen molar-refractivity contribution in [1.82, 2.24) is 15.4 Å². The van der Waals surface area contributed by atoms with Gasteiger partial charge in [0.1, 0.15) is 6.04 Å². The molecule has 7 nitrogen and oxygen atoms in total. The van der Waals surface area contributed by atoms with Gasteiger partial charge in [-0.1, -0.05) is 30.3 Å². The van der Waals surface area contributed by atoms with Crippen LogP contribution in [0, 0.1) is 0 Å². The molecule has 0 aliphatic rings. The van der Waals surface area contributed by atoms with Crippen molar-refractivity contribution in [3.05, 3.63) is 42.5 Å². The second kappa shape index (κ2) is 8.77. The van der Waals surface area contributed by atoms with Crippen LogP contribution in [0.5, 0.6) is 0 Å². The van der Waals surface area contributed by atoms with E-state index in [1.54, 1.807) is 26.0 Å². The highest BCUT2D eigenvalue weighted by molar-refractivity contribution is 7.89. The van der Waals surface area contributed by atoms with E-state index < -0.39 is 22.0 Å². The summed E-state index contributed by atoms with van der Waals surface area (Å²) < 4.78 is 27.1. The van der Waals surface area contributed by atoms with Crippen LogP contribution in [0.25, 0.3) is 10.8 Å². The monoisotopic (exact) mass is 377 g/mol. The van der Waals surface area contributed by atoms with Crippen molar-refractivity contribution in [2.75, 3.05) is 13.1 Å². The van der Waals surface area contributed by atoms with Gasteiger partial charge in [0.25, 0.3) is 0 Å². The van der Waals surface area contributed by atoms with Crippen molar-refractivity contribution in [3.63, 3.8) is 0 Å². The predicted octanol–water partition coefficient (Wildman–Crippen LogP) is 1.15. The number of sulfonamides is 1. The number of carbonyl (C=O) groups is 2. The number of benzene rings is 2. The topological polar surface area (TPSA) is 104 Å². The van der Waals surface area contributed by atoms with Crippen molar-refractivity contribution < 1.29 is 18.0 Å². The van der Waals surface area contributed by atoms with E-state index in [4.69, 9.17) is 0 Å². The molecule has 2 amide bonds. The third kappa shape index (κ3) is 5.27. The van der Waals surface area contributed by atoms with E-state index in [2.05, 4.69) is 15.4 Å². The van der Waals surface area contributed by atoms with Gasteiger partial charge in [0.15, 0.2) is 0 Å². The van der Waals surface area contributed by atoms with E-state index in [-0.39, 0.29) is 23.8 Å². The van der Waals surface area contributed by atoms with Crippen molar-refractivity contribution in [1.29, 1.82) is 0 Å². The normalized spacial score (nSPS) is 12.5. The third-order valence-corrected chi connectivity index (χ3v) is 5.26. The molecule has 0 aromatic heterocycles. The number of fused-ring (bicyclic) bond motifs is 1. The minimum Gasteiger partial charge on any atom is -0.355 e. The summed E-state index contributed by atoms with van der Waals surface area (Å²) in [7, 11) is -3.71. The number of carbonyl (C=O) groups excluding carboxylic acids is 2. The van der Waals surface area contributed by atoms with Gasteiger partial charge in [0.05, 0.1) is 4.90 Å². The van der Waals surface area contributed by atoms with E-state index in [0.29, 0.717) is 6.54 Å². The fraction of sp³-hybridized carbons (Fsp3) is 0.333. The number of rotatable bonds is 8. The van der Waals surface area contributed by atoms with Gasteiger partial charge in [-0.2, -0.15) is 0 Å². The van der Waals surface area contributed by atoms with E-state index in [9.17, 15) is 18.0 Å². The molecule has 0 fully saturated rings. The lowest BCUT2D eigenvalue weighted by Gasteiger charge is -2.13. The molecule has 0 bridgehead atoms. The Kier molecular flexibility index (Phi) is 6.70. The minimum absolute atomic E-state index is 0.0525. The van der Waals surface area contributed by atoms with Gasteiger partial charge in [-0.05, 0) is 36.8 Å². The molecule has 2 aromatic carbocycles. The van der Waals surface area contributed by atoms with Crippen LogP contribution in [0.1, 0.15) is 20.3 Å². The second-order valence-electron chi connectivity index (χ2n) is 5.84. The Balaban J connectivity index is 1.91. The fourth-order valence-electron chi connectivity index (χ4n) is 2.42. The Bertz CT molecular complexity index is 896. The van der Waals surface area contributed by atoms with Crippen LogP contribution in [0.4, 0.5) is 0 Å². The highest BCUT2D eigenvalue weighted by atomic mass is 32.2. The number of hydrogen-bond acceptors (Lipinski definition) is 4. The molecule has 0 aliphatic heterocycles. The summed E-state index contributed by atoms with van der Waals surface area (Å²) in [5.74, 6) is -0.678. The molecule has 2 aromatic rings. The fourth-order valence-corrected chi connectivity index (χ4v) is 3.49. The molecule has 0 saturated carbocycles. The molecule has 0 radical (unpaired) electrons. The lowest BCUT2D eigenvalue weighted by Crippen LogP contribution is -2.45. The molecule has 0 aliphatic carbocycles. The zero-order valence-electron chi connectivity index (χ0n) is 14.8. The zero-order chi connectivity index (χ0) is 19.2. The van der Waals surface area contributed by atoms with Crippen molar-refractivity contribution in [3.8, 4) is 0 Å². The Hall–Kier alpha value is -2.45. The number of hydrogen-bond donors (Lipinski definition) is 3.